The Morgan fingerprint density at radius 2 is 0.971 bits per heavy atom. The molecular weight excluding hydrogens is 440 g/mol. The summed E-state index contributed by atoms with van der Waals surface area (Å²) in [5, 5.41) is 5.40. The van der Waals surface area contributed by atoms with Crippen LogP contribution in [0.25, 0.3) is 54.9 Å². The van der Waals surface area contributed by atoms with Crippen molar-refractivity contribution in [1.82, 2.24) is 0 Å². The molecule has 0 bridgehead atoms. The Bertz CT molecular complexity index is 1750. The molecule has 0 fully saturated rings. The van der Waals surface area contributed by atoms with Crippen molar-refractivity contribution in [2.75, 3.05) is 12.5 Å². The minimum Gasteiger partial charge on any atom is -0.192 e. The number of benzene rings is 6. The minimum absolute atomic E-state index is 1.19. The first kappa shape index (κ1) is 20.6. The first-order valence-electron chi connectivity index (χ1n) is 12.1. The van der Waals surface area contributed by atoms with Crippen LogP contribution in [-0.2, 0) is 0 Å². The molecule has 6 aromatic rings. The van der Waals surface area contributed by atoms with E-state index in [2.05, 4.69) is 134 Å². The van der Waals surface area contributed by atoms with Crippen LogP contribution >= 0.6 is 10.0 Å². The Morgan fingerprint density at radius 1 is 0.429 bits per heavy atom. The zero-order valence-electron chi connectivity index (χ0n) is 20.0. The van der Waals surface area contributed by atoms with Gasteiger partial charge in [0.1, 0.15) is 0 Å². The molecule has 35 heavy (non-hydrogen) atoms. The molecule has 0 spiro atoms. The molecule has 168 valence electrons. The van der Waals surface area contributed by atoms with E-state index in [1.165, 1.54) is 64.7 Å². The Morgan fingerprint density at radius 3 is 1.66 bits per heavy atom. The lowest BCUT2D eigenvalue weighted by atomic mass is 9.85. The average molecular weight is 467 g/mol. The second-order valence-corrected chi connectivity index (χ2v) is 13.2. The van der Waals surface area contributed by atoms with Gasteiger partial charge in [0.15, 0.2) is 0 Å². The maximum absolute atomic E-state index is 2.48. The third-order valence-corrected chi connectivity index (χ3v) is 10.4. The molecule has 0 amide bonds. The van der Waals surface area contributed by atoms with Gasteiger partial charge in [-0.05, 0) is 68.1 Å². The highest BCUT2D eigenvalue weighted by molar-refractivity contribution is 8.33. The van der Waals surface area contributed by atoms with Crippen molar-refractivity contribution in [3.8, 4) is 33.4 Å². The van der Waals surface area contributed by atoms with E-state index < -0.39 is 10.0 Å². The summed E-state index contributed by atoms with van der Waals surface area (Å²) in [6, 6.07) is 44.7. The summed E-state index contributed by atoms with van der Waals surface area (Å²) in [7, 11) is -1.19. The van der Waals surface area contributed by atoms with Gasteiger partial charge < -0.3 is 0 Å². The molecule has 7 rings (SSSR count). The van der Waals surface area contributed by atoms with Gasteiger partial charge in [0.25, 0.3) is 0 Å². The summed E-state index contributed by atoms with van der Waals surface area (Å²) in [5.74, 6) is 0. The largest absolute Gasteiger partial charge is 0.192 e. The lowest BCUT2D eigenvalue weighted by Crippen LogP contribution is -1.98. The number of fused-ring (bicyclic) bond motifs is 6. The highest BCUT2D eigenvalue weighted by atomic mass is 32.3. The van der Waals surface area contributed by atoms with Crippen LogP contribution in [0.4, 0.5) is 0 Å². The van der Waals surface area contributed by atoms with Crippen molar-refractivity contribution in [2.45, 2.75) is 9.79 Å². The molecule has 0 unspecified atom stereocenters. The summed E-state index contributed by atoms with van der Waals surface area (Å²) in [5.41, 5.74) is 8.06. The van der Waals surface area contributed by atoms with Gasteiger partial charge in [0.2, 0.25) is 0 Å². The Labute approximate surface area is 208 Å². The Kier molecular flexibility index (Phi) is 4.46. The van der Waals surface area contributed by atoms with Crippen LogP contribution in [0.3, 0.4) is 0 Å². The molecule has 0 atom stereocenters. The van der Waals surface area contributed by atoms with E-state index >= 15 is 0 Å². The molecule has 0 saturated heterocycles. The van der Waals surface area contributed by atoms with E-state index in [9.17, 15) is 0 Å². The monoisotopic (exact) mass is 466 g/mol. The number of rotatable bonds is 2. The van der Waals surface area contributed by atoms with Crippen molar-refractivity contribution in [1.29, 1.82) is 0 Å². The normalized spacial score (nSPS) is 14.6. The van der Waals surface area contributed by atoms with Crippen LogP contribution in [0.5, 0.6) is 0 Å². The lowest BCUT2D eigenvalue weighted by molar-refractivity contribution is 1.46. The topological polar surface area (TPSA) is 0 Å². The fourth-order valence-electron chi connectivity index (χ4n) is 6.04. The third kappa shape index (κ3) is 2.89. The molecule has 6 aromatic carbocycles. The molecule has 0 N–H and O–H groups in total. The van der Waals surface area contributed by atoms with E-state index in [1.54, 1.807) is 0 Å². The molecule has 1 aliphatic rings. The SMILES string of the molecule is CS1(C)c2ccccc2-c2ccc3c(-c4ccccc4)c4ccccc4c(-c4ccccc4)c3c21. The van der Waals surface area contributed by atoms with Crippen LogP contribution in [0.15, 0.2) is 131 Å². The molecule has 1 heterocycles. The highest BCUT2D eigenvalue weighted by Gasteiger charge is 2.35. The van der Waals surface area contributed by atoms with Crippen molar-refractivity contribution in [3.05, 3.63) is 121 Å². The van der Waals surface area contributed by atoms with Crippen LogP contribution in [0, 0.1) is 0 Å². The van der Waals surface area contributed by atoms with Gasteiger partial charge >= 0.3 is 0 Å². The number of hydrogen-bond donors (Lipinski definition) is 0. The van der Waals surface area contributed by atoms with Crippen molar-refractivity contribution in [2.24, 2.45) is 0 Å². The first-order chi connectivity index (χ1) is 17.2. The highest BCUT2D eigenvalue weighted by Crippen LogP contribution is 2.70. The van der Waals surface area contributed by atoms with Crippen LogP contribution in [0.1, 0.15) is 0 Å². The Balaban J connectivity index is 1.77. The Hall–Kier alpha value is -3.81. The van der Waals surface area contributed by atoms with Gasteiger partial charge in [0, 0.05) is 15.2 Å². The van der Waals surface area contributed by atoms with Crippen LogP contribution in [-0.4, -0.2) is 12.5 Å². The van der Waals surface area contributed by atoms with Gasteiger partial charge in [0.05, 0.1) is 0 Å². The fraction of sp³-hybridized carbons (Fsp3) is 0.0588. The summed E-state index contributed by atoms with van der Waals surface area (Å²) in [6.07, 6.45) is 4.95. The van der Waals surface area contributed by atoms with Crippen molar-refractivity contribution >= 4 is 31.6 Å². The number of hydrogen-bond acceptors (Lipinski definition) is 0. The summed E-state index contributed by atoms with van der Waals surface area (Å²) in [6.45, 7) is 0. The molecular formula is C34H26S. The van der Waals surface area contributed by atoms with Crippen LogP contribution < -0.4 is 0 Å². The summed E-state index contributed by atoms with van der Waals surface area (Å²) >= 11 is 0. The van der Waals surface area contributed by atoms with Gasteiger partial charge in [-0.1, -0.05) is 115 Å². The quantitative estimate of drug-likeness (QED) is 0.223. The van der Waals surface area contributed by atoms with Gasteiger partial charge in [-0.2, -0.15) is 10.0 Å². The summed E-state index contributed by atoms with van der Waals surface area (Å²) in [4.78, 5) is 3.02. The van der Waals surface area contributed by atoms with Gasteiger partial charge in [-0.15, -0.1) is 0 Å². The average Bonchev–Trinajstić information content (AvgIpc) is 3.15. The zero-order chi connectivity index (χ0) is 23.6. The van der Waals surface area contributed by atoms with Gasteiger partial charge in [-0.3, -0.25) is 0 Å². The predicted octanol–water partition coefficient (Wildman–Crippen LogP) is 9.79. The third-order valence-electron chi connectivity index (χ3n) is 7.51. The fourth-order valence-corrected chi connectivity index (χ4v) is 8.86. The lowest BCUT2D eigenvalue weighted by Gasteiger charge is -2.31. The van der Waals surface area contributed by atoms with E-state index in [-0.39, 0.29) is 0 Å². The maximum Gasteiger partial charge on any atom is 0.0101 e. The molecule has 0 aliphatic carbocycles. The minimum atomic E-state index is -1.19. The molecule has 0 nitrogen and oxygen atoms in total. The van der Waals surface area contributed by atoms with E-state index in [0.717, 1.165) is 0 Å². The predicted molar refractivity (Wildman–Crippen MR) is 154 cm³/mol. The molecule has 0 aromatic heterocycles. The smallest absolute Gasteiger partial charge is 0.0101 e. The summed E-state index contributed by atoms with van der Waals surface area (Å²) < 4.78 is 0. The van der Waals surface area contributed by atoms with Gasteiger partial charge in [-0.25, -0.2) is 0 Å². The standard InChI is InChI=1S/C34H26S/c1-35(2)30-20-12-11-17-25(30)28-21-22-29-31(23-13-5-3-6-14-23)26-18-9-10-19-27(26)32(33(29)34(28)35)24-15-7-4-8-16-24/h3-22H,1-2H3. The molecule has 1 aliphatic heterocycles. The first-order valence-corrected chi connectivity index (χ1v) is 14.6. The zero-order valence-corrected chi connectivity index (χ0v) is 20.8. The van der Waals surface area contributed by atoms with Crippen molar-refractivity contribution < 1.29 is 0 Å². The van der Waals surface area contributed by atoms with E-state index in [1.807, 2.05) is 0 Å². The molecule has 0 radical (unpaired) electrons. The molecule has 1 heteroatoms. The second-order valence-electron chi connectivity index (χ2n) is 9.72. The van der Waals surface area contributed by atoms with E-state index in [4.69, 9.17) is 0 Å². The molecule has 0 saturated carbocycles. The second kappa shape index (κ2) is 7.60. The van der Waals surface area contributed by atoms with Crippen LogP contribution in [0.2, 0.25) is 0 Å². The van der Waals surface area contributed by atoms with Crippen molar-refractivity contribution in [3.63, 3.8) is 0 Å². The maximum atomic E-state index is 2.48. The van der Waals surface area contributed by atoms with E-state index in [0.29, 0.717) is 0 Å².